The van der Waals surface area contributed by atoms with Gasteiger partial charge in [0.2, 0.25) is 0 Å². The molecule has 0 saturated carbocycles. The summed E-state index contributed by atoms with van der Waals surface area (Å²) in [6.07, 6.45) is 0. The van der Waals surface area contributed by atoms with Crippen LogP contribution in [-0.4, -0.2) is 13.3 Å². The summed E-state index contributed by atoms with van der Waals surface area (Å²) in [7, 11) is -2.01. The largest absolute Gasteiger partial charge is 0.542 e. The Morgan fingerprint density at radius 3 is 2.42 bits per heavy atom. The van der Waals surface area contributed by atoms with Crippen molar-refractivity contribution in [3.8, 4) is 5.75 Å². The molecule has 0 radical (unpaired) electrons. The standard InChI is InChI=1S/C15H22FNOSi/c1-10-9-11-12(17-10)7-8-13(14(11)16)18-19(5,6)15(2,3)4/h7-9,17H,1-6H3. The first-order valence-electron chi connectivity index (χ1n) is 6.59. The minimum atomic E-state index is -2.01. The molecular weight excluding hydrogens is 257 g/mol. The number of halogens is 1. The number of H-pyrrole nitrogens is 1. The Balaban J connectivity index is 2.44. The van der Waals surface area contributed by atoms with Gasteiger partial charge in [0.1, 0.15) is 5.75 Å². The highest BCUT2D eigenvalue weighted by atomic mass is 28.4. The van der Waals surface area contributed by atoms with Crippen molar-refractivity contribution >= 4 is 19.2 Å². The molecule has 1 aromatic heterocycles. The van der Waals surface area contributed by atoms with Gasteiger partial charge < -0.3 is 9.41 Å². The van der Waals surface area contributed by atoms with Crippen LogP contribution in [0.1, 0.15) is 26.5 Å². The van der Waals surface area contributed by atoms with Crippen LogP contribution in [0, 0.1) is 12.7 Å². The van der Waals surface area contributed by atoms with E-state index in [2.05, 4.69) is 38.8 Å². The number of hydrogen-bond donors (Lipinski definition) is 1. The van der Waals surface area contributed by atoms with Crippen LogP contribution >= 0.6 is 0 Å². The van der Waals surface area contributed by atoms with Gasteiger partial charge in [-0.2, -0.15) is 0 Å². The number of aromatic amines is 1. The van der Waals surface area contributed by atoms with Crippen molar-refractivity contribution in [3.05, 3.63) is 29.7 Å². The second-order valence-corrected chi connectivity index (χ2v) is 11.4. The lowest BCUT2D eigenvalue weighted by molar-refractivity contribution is 0.460. The molecule has 0 aliphatic carbocycles. The Morgan fingerprint density at radius 1 is 1.21 bits per heavy atom. The Labute approximate surface area is 115 Å². The molecule has 0 saturated heterocycles. The van der Waals surface area contributed by atoms with Gasteiger partial charge in [-0.05, 0) is 43.3 Å². The summed E-state index contributed by atoms with van der Waals surface area (Å²) in [4.78, 5) is 3.14. The highest BCUT2D eigenvalue weighted by Crippen LogP contribution is 2.39. The van der Waals surface area contributed by atoms with Crippen LogP contribution in [-0.2, 0) is 0 Å². The average molecular weight is 279 g/mol. The van der Waals surface area contributed by atoms with Gasteiger partial charge in [0.05, 0.1) is 0 Å². The van der Waals surface area contributed by atoms with Gasteiger partial charge in [-0.25, -0.2) is 4.39 Å². The lowest BCUT2D eigenvalue weighted by Gasteiger charge is -2.36. The van der Waals surface area contributed by atoms with E-state index in [1.54, 1.807) is 6.07 Å². The van der Waals surface area contributed by atoms with Crippen molar-refractivity contribution < 1.29 is 8.82 Å². The van der Waals surface area contributed by atoms with Crippen LogP contribution in [0.25, 0.3) is 10.9 Å². The lowest BCUT2D eigenvalue weighted by atomic mass is 10.2. The fourth-order valence-corrected chi connectivity index (χ4v) is 2.81. The summed E-state index contributed by atoms with van der Waals surface area (Å²) >= 11 is 0. The summed E-state index contributed by atoms with van der Waals surface area (Å²) in [6, 6.07) is 5.44. The average Bonchev–Trinajstić information content (AvgIpc) is 2.62. The van der Waals surface area contributed by atoms with Crippen LogP contribution < -0.4 is 4.43 Å². The van der Waals surface area contributed by atoms with Crippen LogP contribution in [0.3, 0.4) is 0 Å². The summed E-state index contributed by atoms with van der Waals surface area (Å²) in [6.45, 7) is 12.6. The fraction of sp³-hybridized carbons (Fsp3) is 0.467. The van der Waals surface area contributed by atoms with E-state index in [0.717, 1.165) is 11.2 Å². The molecule has 19 heavy (non-hydrogen) atoms. The summed E-state index contributed by atoms with van der Waals surface area (Å²) in [5.74, 6) is 0.116. The third-order valence-corrected chi connectivity index (χ3v) is 8.35. The zero-order chi connectivity index (χ0) is 14.4. The maximum atomic E-state index is 14.5. The van der Waals surface area contributed by atoms with Crippen molar-refractivity contribution in [2.45, 2.75) is 45.8 Å². The monoisotopic (exact) mass is 279 g/mol. The molecule has 2 nitrogen and oxygen atoms in total. The van der Waals surface area contributed by atoms with E-state index in [1.807, 2.05) is 19.1 Å². The van der Waals surface area contributed by atoms with E-state index in [-0.39, 0.29) is 10.9 Å². The SMILES string of the molecule is Cc1cc2c(F)c(O[Si](C)(C)C(C)(C)C)ccc2[nH]1. The second-order valence-electron chi connectivity index (χ2n) is 6.65. The number of aryl methyl sites for hydroxylation is 1. The third-order valence-electron chi connectivity index (χ3n) is 4.01. The van der Waals surface area contributed by atoms with Gasteiger partial charge >= 0.3 is 0 Å². The topological polar surface area (TPSA) is 25.0 Å². The number of benzene rings is 1. The molecule has 0 bridgehead atoms. The quantitative estimate of drug-likeness (QED) is 0.769. The minimum Gasteiger partial charge on any atom is -0.542 e. The van der Waals surface area contributed by atoms with E-state index < -0.39 is 8.32 Å². The summed E-state index contributed by atoms with van der Waals surface area (Å²) in [5, 5.41) is 0.663. The molecule has 104 valence electrons. The highest BCUT2D eigenvalue weighted by Gasteiger charge is 2.39. The molecule has 0 spiro atoms. The Morgan fingerprint density at radius 2 is 1.84 bits per heavy atom. The normalized spacial score (nSPS) is 13.0. The number of rotatable bonds is 2. The van der Waals surface area contributed by atoms with Crippen molar-refractivity contribution in [3.63, 3.8) is 0 Å². The molecule has 0 aliphatic heterocycles. The third kappa shape index (κ3) is 2.54. The molecule has 1 N–H and O–H groups in total. The Bertz CT molecular complexity index is 610. The van der Waals surface area contributed by atoms with E-state index >= 15 is 0 Å². The maximum absolute atomic E-state index is 14.5. The first kappa shape index (κ1) is 14.1. The predicted octanol–water partition coefficient (Wildman–Crippen LogP) is 5.00. The summed E-state index contributed by atoms with van der Waals surface area (Å²) in [5.41, 5.74) is 1.77. The molecule has 0 unspecified atom stereocenters. The predicted molar refractivity (Wildman–Crippen MR) is 80.8 cm³/mol. The van der Waals surface area contributed by atoms with Crippen molar-refractivity contribution in [1.29, 1.82) is 0 Å². The van der Waals surface area contributed by atoms with E-state index in [9.17, 15) is 4.39 Å². The molecule has 0 atom stereocenters. The molecule has 2 rings (SSSR count). The van der Waals surface area contributed by atoms with Crippen molar-refractivity contribution in [2.24, 2.45) is 0 Å². The fourth-order valence-electron chi connectivity index (χ4n) is 1.79. The van der Waals surface area contributed by atoms with Crippen LogP contribution in [0.4, 0.5) is 4.39 Å². The second kappa shape index (κ2) is 4.37. The van der Waals surface area contributed by atoms with Crippen molar-refractivity contribution in [2.75, 3.05) is 0 Å². The van der Waals surface area contributed by atoms with Gasteiger partial charge in [-0.15, -0.1) is 0 Å². The zero-order valence-corrected chi connectivity index (χ0v) is 13.5. The van der Waals surface area contributed by atoms with E-state index in [4.69, 9.17) is 4.43 Å². The number of aromatic nitrogens is 1. The molecule has 1 aromatic carbocycles. The maximum Gasteiger partial charge on any atom is 0.250 e. The van der Waals surface area contributed by atoms with Crippen LogP contribution in [0.2, 0.25) is 18.1 Å². The molecule has 4 heteroatoms. The first-order valence-corrected chi connectivity index (χ1v) is 9.49. The lowest BCUT2D eigenvalue weighted by Crippen LogP contribution is -2.44. The van der Waals surface area contributed by atoms with E-state index in [0.29, 0.717) is 11.1 Å². The van der Waals surface area contributed by atoms with Crippen LogP contribution in [0.5, 0.6) is 5.75 Å². The number of nitrogens with one attached hydrogen (secondary N) is 1. The highest BCUT2D eigenvalue weighted by molar-refractivity contribution is 6.74. The molecule has 0 fully saturated rings. The Kier molecular flexibility index (Phi) is 3.25. The molecule has 1 heterocycles. The number of hydrogen-bond acceptors (Lipinski definition) is 1. The molecular formula is C15H22FNOSi. The summed E-state index contributed by atoms with van der Waals surface area (Å²) < 4.78 is 20.5. The minimum absolute atomic E-state index is 0.0580. The van der Waals surface area contributed by atoms with Crippen LogP contribution in [0.15, 0.2) is 18.2 Å². The van der Waals surface area contributed by atoms with Gasteiger partial charge in [0.15, 0.2) is 5.82 Å². The first-order chi connectivity index (χ1) is 8.62. The molecule has 0 aliphatic rings. The van der Waals surface area contributed by atoms with Gasteiger partial charge in [-0.1, -0.05) is 20.8 Å². The Hall–Kier alpha value is -1.29. The molecule has 0 amide bonds. The van der Waals surface area contributed by atoms with Gasteiger partial charge in [0, 0.05) is 16.6 Å². The zero-order valence-electron chi connectivity index (χ0n) is 12.5. The van der Waals surface area contributed by atoms with Gasteiger partial charge in [-0.3, -0.25) is 0 Å². The smallest absolute Gasteiger partial charge is 0.250 e. The molecule has 2 aromatic rings. The van der Waals surface area contributed by atoms with E-state index in [1.165, 1.54) is 0 Å². The van der Waals surface area contributed by atoms with Gasteiger partial charge in [0.25, 0.3) is 8.32 Å². The van der Waals surface area contributed by atoms with Crippen molar-refractivity contribution in [1.82, 2.24) is 4.98 Å². The number of fused-ring (bicyclic) bond motifs is 1.